The minimum atomic E-state index is -0.359. The zero-order chi connectivity index (χ0) is 17.1. The Hall–Kier alpha value is -1.06. The predicted molar refractivity (Wildman–Crippen MR) is 90.1 cm³/mol. The first-order valence-corrected chi connectivity index (χ1v) is 8.50. The molecule has 0 aromatic heterocycles. The Balaban J connectivity index is 2.87. The van der Waals surface area contributed by atoms with Gasteiger partial charge in [0.1, 0.15) is 0 Å². The third-order valence-corrected chi connectivity index (χ3v) is 4.10. The van der Waals surface area contributed by atoms with E-state index >= 15 is 0 Å². The Morgan fingerprint density at radius 1 is 1.09 bits per heavy atom. The van der Waals surface area contributed by atoms with Gasteiger partial charge < -0.3 is 11.1 Å². The van der Waals surface area contributed by atoms with E-state index in [1.165, 1.54) is 12.8 Å². The molecule has 1 aliphatic rings. The molecular formula is C18H34N2O2. The third-order valence-electron chi connectivity index (χ3n) is 4.10. The summed E-state index contributed by atoms with van der Waals surface area (Å²) in [6.07, 6.45) is 4.93. The van der Waals surface area contributed by atoms with E-state index in [-0.39, 0.29) is 34.6 Å². The average molecular weight is 310 g/mol. The molecule has 0 aliphatic heterocycles. The van der Waals surface area contributed by atoms with Gasteiger partial charge in [-0.3, -0.25) is 9.59 Å². The molecule has 1 unspecified atom stereocenters. The van der Waals surface area contributed by atoms with Gasteiger partial charge in [0.25, 0.3) is 0 Å². The number of hydrogen-bond acceptors (Lipinski definition) is 2. The van der Waals surface area contributed by atoms with Gasteiger partial charge in [0.2, 0.25) is 11.8 Å². The smallest absolute Gasteiger partial charge is 0.224 e. The van der Waals surface area contributed by atoms with Crippen LogP contribution in [0.15, 0.2) is 0 Å². The van der Waals surface area contributed by atoms with Gasteiger partial charge in [-0.1, -0.05) is 33.6 Å². The van der Waals surface area contributed by atoms with Crippen LogP contribution in [0, 0.1) is 23.2 Å². The van der Waals surface area contributed by atoms with Crippen molar-refractivity contribution >= 4 is 11.8 Å². The van der Waals surface area contributed by atoms with Crippen LogP contribution < -0.4 is 11.1 Å². The second kappa shape index (κ2) is 7.01. The Kier molecular flexibility index (Phi) is 6.05. The van der Waals surface area contributed by atoms with E-state index in [1.807, 2.05) is 20.8 Å². The van der Waals surface area contributed by atoms with Crippen molar-refractivity contribution in [3.8, 4) is 0 Å². The maximum absolute atomic E-state index is 12.7. The molecular weight excluding hydrogens is 276 g/mol. The van der Waals surface area contributed by atoms with Crippen LogP contribution in [0.25, 0.3) is 0 Å². The van der Waals surface area contributed by atoms with Crippen molar-refractivity contribution in [1.29, 1.82) is 0 Å². The zero-order valence-electron chi connectivity index (χ0n) is 15.2. The highest BCUT2D eigenvalue weighted by Gasteiger charge is 2.37. The van der Waals surface area contributed by atoms with E-state index < -0.39 is 0 Å². The Morgan fingerprint density at radius 3 is 2.00 bits per heavy atom. The summed E-state index contributed by atoms with van der Waals surface area (Å²) in [6.45, 7) is 12.2. The van der Waals surface area contributed by atoms with Crippen LogP contribution >= 0.6 is 0 Å². The molecule has 0 radical (unpaired) electrons. The number of primary amides is 1. The molecule has 2 amide bonds. The molecule has 1 aliphatic carbocycles. The first kappa shape index (κ1) is 19.0. The standard InChI is InChI=1S/C18H34N2O2/c1-17(2,3)11-14(16(22)20-18(4,5)6)13(15(19)21)10-9-12-7-8-12/h12-14H,7-11H2,1-6H3,(H2,19,21)(H,20,22)/t13-,14?/m0/s1. The third kappa shape index (κ3) is 7.28. The summed E-state index contributed by atoms with van der Waals surface area (Å²) in [7, 11) is 0. The predicted octanol–water partition coefficient (Wildman–Crippen LogP) is 3.25. The second-order valence-electron chi connectivity index (χ2n) is 9.14. The van der Waals surface area contributed by atoms with Crippen LogP contribution in [-0.2, 0) is 9.59 Å². The van der Waals surface area contributed by atoms with Crippen LogP contribution in [0.5, 0.6) is 0 Å². The van der Waals surface area contributed by atoms with Crippen molar-refractivity contribution in [3.63, 3.8) is 0 Å². The lowest BCUT2D eigenvalue weighted by atomic mass is 9.75. The number of amides is 2. The quantitative estimate of drug-likeness (QED) is 0.757. The molecule has 3 N–H and O–H groups in total. The molecule has 0 aromatic carbocycles. The first-order chi connectivity index (χ1) is 9.89. The summed E-state index contributed by atoms with van der Waals surface area (Å²) < 4.78 is 0. The minimum Gasteiger partial charge on any atom is -0.369 e. The van der Waals surface area contributed by atoms with Crippen LogP contribution in [-0.4, -0.2) is 17.4 Å². The maximum Gasteiger partial charge on any atom is 0.224 e. The summed E-state index contributed by atoms with van der Waals surface area (Å²) in [6, 6.07) is 0. The summed E-state index contributed by atoms with van der Waals surface area (Å²) >= 11 is 0. The summed E-state index contributed by atoms with van der Waals surface area (Å²) in [5.74, 6) is -0.332. The SMILES string of the molecule is CC(C)(C)CC(C(=O)NC(C)(C)C)[C@H](CCC1CC1)C(N)=O. The fourth-order valence-electron chi connectivity index (χ4n) is 2.90. The molecule has 4 heteroatoms. The Bertz CT molecular complexity index is 400. The average Bonchev–Trinajstić information content (AvgIpc) is 3.07. The van der Waals surface area contributed by atoms with Crippen LogP contribution in [0.1, 0.15) is 73.6 Å². The van der Waals surface area contributed by atoms with Gasteiger partial charge in [-0.2, -0.15) is 0 Å². The molecule has 0 heterocycles. The largest absolute Gasteiger partial charge is 0.369 e. The number of nitrogens with one attached hydrogen (secondary N) is 1. The molecule has 2 atom stereocenters. The number of hydrogen-bond donors (Lipinski definition) is 2. The maximum atomic E-state index is 12.7. The van der Waals surface area contributed by atoms with Crippen molar-refractivity contribution in [1.82, 2.24) is 5.32 Å². The van der Waals surface area contributed by atoms with Crippen molar-refractivity contribution in [3.05, 3.63) is 0 Å². The van der Waals surface area contributed by atoms with Crippen LogP contribution in [0.4, 0.5) is 0 Å². The second-order valence-corrected chi connectivity index (χ2v) is 9.14. The van der Waals surface area contributed by atoms with Crippen molar-refractivity contribution in [2.24, 2.45) is 28.9 Å². The van der Waals surface area contributed by atoms with Crippen LogP contribution in [0.2, 0.25) is 0 Å². The Labute approximate surface area is 135 Å². The lowest BCUT2D eigenvalue weighted by Crippen LogP contribution is -2.48. The Morgan fingerprint density at radius 2 is 1.64 bits per heavy atom. The highest BCUT2D eigenvalue weighted by atomic mass is 16.2. The van der Waals surface area contributed by atoms with Crippen molar-refractivity contribution in [2.75, 3.05) is 0 Å². The number of rotatable bonds is 7. The van der Waals surface area contributed by atoms with Gasteiger partial charge in [-0.05, 0) is 51.4 Å². The van der Waals surface area contributed by atoms with Gasteiger partial charge in [0.05, 0.1) is 0 Å². The number of carbonyl (C=O) groups excluding carboxylic acids is 2. The topological polar surface area (TPSA) is 72.2 Å². The molecule has 4 nitrogen and oxygen atoms in total. The highest BCUT2D eigenvalue weighted by Crippen LogP contribution is 2.38. The molecule has 0 bridgehead atoms. The number of nitrogens with two attached hydrogens (primary N) is 1. The van der Waals surface area contributed by atoms with Gasteiger partial charge in [-0.15, -0.1) is 0 Å². The highest BCUT2D eigenvalue weighted by molar-refractivity contribution is 5.87. The summed E-state index contributed by atoms with van der Waals surface area (Å²) in [4.78, 5) is 24.7. The van der Waals surface area contributed by atoms with Gasteiger partial charge in [0, 0.05) is 17.4 Å². The van der Waals surface area contributed by atoms with Gasteiger partial charge in [-0.25, -0.2) is 0 Å². The molecule has 128 valence electrons. The fraction of sp³-hybridized carbons (Fsp3) is 0.889. The van der Waals surface area contributed by atoms with Crippen molar-refractivity contribution in [2.45, 2.75) is 79.2 Å². The van der Waals surface area contributed by atoms with E-state index in [2.05, 4.69) is 26.1 Å². The molecule has 1 fully saturated rings. The van der Waals surface area contributed by atoms with Gasteiger partial charge >= 0.3 is 0 Å². The lowest BCUT2D eigenvalue weighted by Gasteiger charge is -2.32. The lowest BCUT2D eigenvalue weighted by molar-refractivity contribution is -0.135. The monoisotopic (exact) mass is 310 g/mol. The molecule has 0 saturated heterocycles. The zero-order valence-corrected chi connectivity index (χ0v) is 15.2. The molecule has 0 aromatic rings. The van der Waals surface area contributed by atoms with Gasteiger partial charge in [0.15, 0.2) is 0 Å². The van der Waals surface area contributed by atoms with Crippen LogP contribution in [0.3, 0.4) is 0 Å². The number of carbonyl (C=O) groups is 2. The molecule has 0 spiro atoms. The molecule has 1 saturated carbocycles. The summed E-state index contributed by atoms with van der Waals surface area (Å²) in [5.41, 5.74) is 5.33. The van der Waals surface area contributed by atoms with Crippen molar-refractivity contribution < 1.29 is 9.59 Å². The minimum absolute atomic E-state index is 0.0207. The summed E-state index contributed by atoms with van der Waals surface area (Å²) in [5, 5.41) is 3.03. The van der Waals surface area contributed by atoms with E-state index in [9.17, 15) is 9.59 Å². The first-order valence-electron chi connectivity index (χ1n) is 8.50. The van der Waals surface area contributed by atoms with E-state index in [4.69, 9.17) is 5.73 Å². The van der Waals surface area contributed by atoms with E-state index in [0.717, 1.165) is 18.8 Å². The normalized spacial score (nSPS) is 18.6. The van der Waals surface area contributed by atoms with E-state index in [1.54, 1.807) is 0 Å². The molecule has 22 heavy (non-hydrogen) atoms. The van der Waals surface area contributed by atoms with E-state index in [0.29, 0.717) is 6.42 Å². The fourth-order valence-corrected chi connectivity index (χ4v) is 2.90. The molecule has 1 rings (SSSR count).